The quantitative estimate of drug-likeness (QED) is 0.752. The highest BCUT2D eigenvalue weighted by atomic mass is 16.1. The normalized spacial score (nSPS) is 11.1. The third-order valence-corrected chi connectivity index (χ3v) is 3.16. The van der Waals surface area contributed by atoms with Crippen molar-refractivity contribution in [1.29, 1.82) is 0 Å². The van der Waals surface area contributed by atoms with Crippen LogP contribution in [0.25, 0.3) is 11.0 Å². The Labute approximate surface area is 115 Å². The van der Waals surface area contributed by atoms with E-state index in [1.807, 2.05) is 30.3 Å². The van der Waals surface area contributed by atoms with Crippen molar-refractivity contribution < 1.29 is 0 Å². The molecule has 0 unspecified atom stereocenters. The molecule has 0 radical (unpaired) electrons. The van der Waals surface area contributed by atoms with Gasteiger partial charge in [0.1, 0.15) is 11.7 Å². The molecule has 0 bridgehead atoms. The van der Waals surface area contributed by atoms with Crippen molar-refractivity contribution in [3.63, 3.8) is 0 Å². The van der Waals surface area contributed by atoms with Crippen LogP contribution in [0.1, 0.15) is 5.56 Å². The lowest BCUT2D eigenvalue weighted by Gasteiger charge is -2.05. The fourth-order valence-electron chi connectivity index (χ4n) is 2.18. The minimum atomic E-state index is -0.0814. The van der Waals surface area contributed by atoms with Crippen molar-refractivity contribution in [2.75, 3.05) is 6.54 Å². The van der Waals surface area contributed by atoms with E-state index < -0.39 is 0 Å². The predicted molar refractivity (Wildman–Crippen MR) is 76.4 cm³/mol. The van der Waals surface area contributed by atoms with E-state index in [0.29, 0.717) is 30.7 Å². The average molecular weight is 269 g/mol. The van der Waals surface area contributed by atoms with E-state index >= 15 is 0 Å². The van der Waals surface area contributed by atoms with Gasteiger partial charge in [-0.3, -0.25) is 9.36 Å². The molecule has 6 heteroatoms. The lowest BCUT2D eigenvalue weighted by atomic mass is 10.2. The predicted octanol–water partition coefficient (Wildman–Crippen LogP) is 0.600. The number of hydrogen-bond donors (Lipinski definition) is 1. The molecule has 0 amide bonds. The minimum Gasteiger partial charge on any atom is -0.329 e. The number of nitrogens with zero attached hydrogens (tertiary/aromatic N) is 4. The van der Waals surface area contributed by atoms with Gasteiger partial charge in [-0.2, -0.15) is 5.10 Å². The van der Waals surface area contributed by atoms with Crippen LogP contribution in [0, 0.1) is 0 Å². The van der Waals surface area contributed by atoms with Gasteiger partial charge in [-0.05, 0) is 5.56 Å². The summed E-state index contributed by atoms with van der Waals surface area (Å²) in [7, 11) is 0. The summed E-state index contributed by atoms with van der Waals surface area (Å²) in [6.07, 6.45) is 3.12. The molecule has 0 saturated heterocycles. The van der Waals surface area contributed by atoms with Crippen LogP contribution in [0.15, 0.2) is 47.7 Å². The summed E-state index contributed by atoms with van der Waals surface area (Å²) in [5, 5.41) is 4.68. The van der Waals surface area contributed by atoms with Crippen LogP contribution in [0.2, 0.25) is 0 Å². The number of aromatic nitrogens is 4. The first-order chi connectivity index (χ1) is 9.79. The molecule has 0 aliphatic rings. The van der Waals surface area contributed by atoms with Crippen molar-refractivity contribution in [3.8, 4) is 0 Å². The van der Waals surface area contributed by atoms with E-state index in [1.54, 1.807) is 21.8 Å². The van der Waals surface area contributed by atoms with Gasteiger partial charge in [-0.1, -0.05) is 30.3 Å². The molecule has 2 heterocycles. The van der Waals surface area contributed by atoms with Crippen LogP contribution in [-0.2, 0) is 13.1 Å². The van der Waals surface area contributed by atoms with Crippen LogP contribution >= 0.6 is 0 Å². The molecule has 0 aliphatic heterocycles. The molecule has 0 fully saturated rings. The van der Waals surface area contributed by atoms with Gasteiger partial charge in [0.2, 0.25) is 0 Å². The monoisotopic (exact) mass is 269 g/mol. The van der Waals surface area contributed by atoms with Crippen molar-refractivity contribution in [3.05, 3.63) is 58.8 Å². The lowest BCUT2D eigenvalue weighted by Crippen LogP contribution is -2.21. The fraction of sp³-hybridized carbons (Fsp3) is 0.214. The molecule has 0 spiro atoms. The van der Waals surface area contributed by atoms with Crippen molar-refractivity contribution in [2.45, 2.75) is 13.1 Å². The first-order valence-corrected chi connectivity index (χ1v) is 6.44. The molecule has 2 N–H and O–H groups in total. The molecule has 1 aromatic carbocycles. The molecule has 2 aromatic heterocycles. The maximum atomic E-state index is 12.4. The molecule has 0 aliphatic carbocycles. The fourth-order valence-corrected chi connectivity index (χ4v) is 2.18. The van der Waals surface area contributed by atoms with E-state index in [9.17, 15) is 4.79 Å². The van der Waals surface area contributed by atoms with Gasteiger partial charge in [0.25, 0.3) is 5.56 Å². The van der Waals surface area contributed by atoms with E-state index in [2.05, 4.69) is 10.1 Å². The topological polar surface area (TPSA) is 78.7 Å². The summed E-state index contributed by atoms with van der Waals surface area (Å²) >= 11 is 0. The standard InChI is InChI=1S/C14H15N5O/c15-6-7-19-13-12(8-17-19)14(20)18(10-16-13)9-11-4-2-1-3-5-11/h1-5,8,10H,6-7,9,15H2. The molecule has 20 heavy (non-hydrogen) atoms. The maximum absolute atomic E-state index is 12.4. The first kappa shape index (κ1) is 12.6. The van der Waals surface area contributed by atoms with Crippen LogP contribution in [0.4, 0.5) is 0 Å². The second kappa shape index (κ2) is 5.26. The average Bonchev–Trinajstić information content (AvgIpc) is 2.88. The van der Waals surface area contributed by atoms with Crippen molar-refractivity contribution in [1.82, 2.24) is 19.3 Å². The minimum absolute atomic E-state index is 0.0814. The largest absolute Gasteiger partial charge is 0.329 e. The van der Waals surface area contributed by atoms with Crippen LogP contribution in [0.5, 0.6) is 0 Å². The van der Waals surface area contributed by atoms with Gasteiger partial charge in [0.15, 0.2) is 5.65 Å². The zero-order valence-corrected chi connectivity index (χ0v) is 10.9. The second-order valence-corrected chi connectivity index (χ2v) is 4.56. The Morgan fingerprint density at radius 2 is 2.00 bits per heavy atom. The van der Waals surface area contributed by atoms with Crippen molar-refractivity contribution in [2.24, 2.45) is 5.73 Å². The lowest BCUT2D eigenvalue weighted by molar-refractivity contribution is 0.637. The first-order valence-electron chi connectivity index (χ1n) is 6.44. The molecule has 3 aromatic rings. The van der Waals surface area contributed by atoms with E-state index in [-0.39, 0.29) is 5.56 Å². The van der Waals surface area contributed by atoms with Gasteiger partial charge in [-0.15, -0.1) is 0 Å². The van der Waals surface area contributed by atoms with E-state index in [4.69, 9.17) is 5.73 Å². The number of fused-ring (bicyclic) bond motifs is 1. The second-order valence-electron chi connectivity index (χ2n) is 4.56. The molecule has 6 nitrogen and oxygen atoms in total. The summed E-state index contributed by atoms with van der Waals surface area (Å²) in [6, 6.07) is 9.81. The Kier molecular flexibility index (Phi) is 3.30. The van der Waals surface area contributed by atoms with Crippen molar-refractivity contribution >= 4 is 11.0 Å². The number of nitrogens with two attached hydrogens (primary N) is 1. The highest BCUT2D eigenvalue weighted by Crippen LogP contribution is 2.06. The molecule has 3 rings (SSSR count). The summed E-state index contributed by atoms with van der Waals surface area (Å²) in [4.78, 5) is 16.7. The Hall–Kier alpha value is -2.47. The molecule has 102 valence electrons. The van der Waals surface area contributed by atoms with Gasteiger partial charge in [0, 0.05) is 6.54 Å². The SMILES string of the molecule is NCCn1ncc2c(=O)n(Cc3ccccc3)cnc21. The van der Waals surface area contributed by atoms with Gasteiger partial charge < -0.3 is 5.73 Å². The Balaban J connectivity index is 2.02. The van der Waals surface area contributed by atoms with Crippen LogP contribution in [0.3, 0.4) is 0 Å². The Morgan fingerprint density at radius 3 is 2.75 bits per heavy atom. The van der Waals surface area contributed by atoms with Gasteiger partial charge in [-0.25, -0.2) is 9.67 Å². The third-order valence-electron chi connectivity index (χ3n) is 3.16. The van der Waals surface area contributed by atoms with Gasteiger partial charge in [0.05, 0.1) is 19.3 Å². The summed E-state index contributed by atoms with van der Waals surface area (Å²) in [5.41, 5.74) is 7.08. The molecule has 0 atom stereocenters. The van der Waals surface area contributed by atoms with E-state index in [1.165, 1.54) is 0 Å². The Bertz CT molecular complexity index is 775. The number of benzene rings is 1. The zero-order valence-electron chi connectivity index (χ0n) is 10.9. The summed E-state index contributed by atoms with van der Waals surface area (Å²) in [5.74, 6) is 0. The Morgan fingerprint density at radius 1 is 1.20 bits per heavy atom. The van der Waals surface area contributed by atoms with Gasteiger partial charge >= 0.3 is 0 Å². The smallest absolute Gasteiger partial charge is 0.264 e. The molecule has 0 saturated carbocycles. The summed E-state index contributed by atoms with van der Waals surface area (Å²) in [6.45, 7) is 1.52. The number of hydrogen-bond acceptors (Lipinski definition) is 4. The highest BCUT2D eigenvalue weighted by Gasteiger charge is 2.09. The summed E-state index contributed by atoms with van der Waals surface area (Å²) < 4.78 is 3.25. The van der Waals surface area contributed by atoms with Crippen LogP contribution in [-0.4, -0.2) is 25.9 Å². The van der Waals surface area contributed by atoms with E-state index in [0.717, 1.165) is 5.56 Å². The highest BCUT2D eigenvalue weighted by molar-refractivity contribution is 5.72. The third kappa shape index (κ3) is 2.21. The number of rotatable bonds is 4. The zero-order chi connectivity index (χ0) is 13.9. The molecular formula is C14H15N5O. The molecular weight excluding hydrogens is 254 g/mol. The van der Waals surface area contributed by atoms with Crippen LogP contribution < -0.4 is 11.3 Å². The maximum Gasteiger partial charge on any atom is 0.264 e.